The zero-order valence-corrected chi connectivity index (χ0v) is 18.1. The van der Waals surface area contributed by atoms with Crippen molar-refractivity contribution < 1.29 is 9.59 Å². The Morgan fingerprint density at radius 2 is 2.00 bits per heavy atom. The second kappa shape index (κ2) is 9.27. The van der Waals surface area contributed by atoms with E-state index >= 15 is 0 Å². The molecule has 1 aromatic heterocycles. The summed E-state index contributed by atoms with van der Waals surface area (Å²) in [6, 6.07) is 1.89. The number of hydrogen-bond acceptors (Lipinski definition) is 4. The van der Waals surface area contributed by atoms with Gasteiger partial charge in [-0.25, -0.2) is 0 Å². The summed E-state index contributed by atoms with van der Waals surface area (Å²) in [5, 5.41) is 10.8. The van der Waals surface area contributed by atoms with Crippen LogP contribution in [0.15, 0.2) is 18.5 Å². The maximum Gasteiger partial charge on any atom is 0.250 e. The van der Waals surface area contributed by atoms with E-state index in [9.17, 15) is 9.59 Å². The predicted octanol–water partition coefficient (Wildman–Crippen LogP) is 1.78. The van der Waals surface area contributed by atoms with E-state index in [1.165, 1.54) is 0 Å². The molecule has 0 radical (unpaired) electrons. The molecule has 2 saturated heterocycles. The molecule has 158 valence electrons. The van der Waals surface area contributed by atoms with E-state index in [2.05, 4.69) is 15.7 Å². The van der Waals surface area contributed by atoms with E-state index in [0.717, 1.165) is 45.3 Å². The number of carbonyl (C=O) groups is 2. The zero-order valence-electron chi connectivity index (χ0n) is 17.2. The summed E-state index contributed by atoms with van der Waals surface area (Å²) in [6.07, 6.45) is 7.21. The third-order valence-corrected chi connectivity index (χ3v) is 5.81. The normalized spacial score (nSPS) is 22.2. The van der Waals surface area contributed by atoms with Gasteiger partial charge in [0.1, 0.15) is 5.54 Å². The van der Waals surface area contributed by atoms with Gasteiger partial charge in [-0.1, -0.05) is 20.8 Å². The highest BCUT2D eigenvalue weighted by atomic mass is 35.5. The minimum Gasteiger partial charge on any atom is -0.355 e. The number of carbonyl (C=O) groups excluding carboxylic acids is 2. The molecule has 1 unspecified atom stereocenters. The third kappa shape index (κ3) is 4.87. The van der Waals surface area contributed by atoms with Gasteiger partial charge >= 0.3 is 0 Å². The van der Waals surface area contributed by atoms with Crippen LogP contribution in [-0.2, 0) is 15.1 Å². The lowest BCUT2D eigenvalue weighted by molar-refractivity contribution is -0.145. The Kier molecular flexibility index (Phi) is 7.51. The molecule has 2 amide bonds. The van der Waals surface area contributed by atoms with Crippen molar-refractivity contribution in [1.29, 1.82) is 0 Å². The monoisotopic (exact) mass is 411 g/mol. The van der Waals surface area contributed by atoms with E-state index in [-0.39, 0.29) is 29.6 Å². The van der Waals surface area contributed by atoms with E-state index in [4.69, 9.17) is 0 Å². The first-order chi connectivity index (χ1) is 12.8. The Balaban J connectivity index is 0.00000280. The highest BCUT2D eigenvalue weighted by Gasteiger charge is 2.45. The largest absolute Gasteiger partial charge is 0.355 e. The summed E-state index contributed by atoms with van der Waals surface area (Å²) in [5.41, 5.74) is -0.964. The smallest absolute Gasteiger partial charge is 0.250 e. The average Bonchev–Trinajstić information content (AvgIpc) is 3.21. The first-order valence-corrected chi connectivity index (χ1v) is 10.1. The van der Waals surface area contributed by atoms with Crippen molar-refractivity contribution in [2.75, 3.05) is 32.7 Å². The Hall–Kier alpha value is -1.60. The van der Waals surface area contributed by atoms with E-state index in [1.807, 2.05) is 42.6 Å². The molecule has 2 aliphatic rings. The second-order valence-electron chi connectivity index (χ2n) is 8.95. The highest BCUT2D eigenvalue weighted by molar-refractivity contribution is 5.85. The molecule has 0 saturated carbocycles. The van der Waals surface area contributed by atoms with Crippen molar-refractivity contribution in [2.24, 2.45) is 11.3 Å². The van der Waals surface area contributed by atoms with Crippen LogP contribution in [0.25, 0.3) is 0 Å². The Labute approximate surface area is 174 Å². The number of piperidine rings is 2. The summed E-state index contributed by atoms with van der Waals surface area (Å²) in [6.45, 7) is 9.54. The fourth-order valence-corrected chi connectivity index (χ4v) is 4.12. The molecule has 8 heteroatoms. The standard InChI is InChI=1S/C20H33N5O2.ClH/c1-19(2,3)17(26)22-14-16-6-4-12-24(15-16)18(27)20(7-10-21-11-8-20)25-13-5-9-23-25;/h5,9,13,16,21H,4,6-8,10-12,14-15H2,1-3H3,(H,22,26);1H. The third-order valence-electron chi connectivity index (χ3n) is 5.81. The van der Waals surface area contributed by atoms with Crippen LogP contribution in [-0.4, -0.2) is 59.2 Å². The zero-order chi connectivity index (χ0) is 19.5. The SMILES string of the molecule is CC(C)(C)C(=O)NCC1CCCN(C(=O)C2(n3cccn3)CCNCC2)C1.Cl. The quantitative estimate of drug-likeness (QED) is 0.791. The summed E-state index contributed by atoms with van der Waals surface area (Å²) < 4.78 is 1.86. The van der Waals surface area contributed by atoms with Crippen molar-refractivity contribution in [3.05, 3.63) is 18.5 Å². The van der Waals surface area contributed by atoms with Gasteiger partial charge in [-0.3, -0.25) is 14.3 Å². The molecule has 3 heterocycles. The van der Waals surface area contributed by atoms with Gasteiger partial charge in [0.15, 0.2) is 0 Å². The number of amides is 2. The van der Waals surface area contributed by atoms with Crippen LogP contribution in [0.3, 0.4) is 0 Å². The first kappa shape index (κ1) is 22.7. The Morgan fingerprint density at radius 3 is 2.61 bits per heavy atom. The predicted molar refractivity (Wildman–Crippen MR) is 111 cm³/mol. The van der Waals surface area contributed by atoms with Crippen molar-refractivity contribution in [1.82, 2.24) is 25.3 Å². The van der Waals surface area contributed by atoms with Crippen molar-refractivity contribution in [2.45, 2.75) is 52.0 Å². The molecule has 28 heavy (non-hydrogen) atoms. The first-order valence-electron chi connectivity index (χ1n) is 10.1. The van der Waals surface area contributed by atoms with E-state index in [1.54, 1.807) is 6.20 Å². The molecule has 1 atom stereocenters. The van der Waals surface area contributed by atoms with Crippen LogP contribution in [0, 0.1) is 11.3 Å². The molecular weight excluding hydrogens is 378 g/mol. The molecule has 2 aliphatic heterocycles. The fourth-order valence-electron chi connectivity index (χ4n) is 4.12. The number of aromatic nitrogens is 2. The summed E-state index contributed by atoms with van der Waals surface area (Å²) in [7, 11) is 0. The van der Waals surface area contributed by atoms with Crippen molar-refractivity contribution in [3.63, 3.8) is 0 Å². The number of halogens is 1. The van der Waals surface area contributed by atoms with E-state index in [0.29, 0.717) is 19.0 Å². The van der Waals surface area contributed by atoms with Gasteiger partial charge in [0, 0.05) is 37.4 Å². The van der Waals surface area contributed by atoms with Crippen LogP contribution in [0.5, 0.6) is 0 Å². The van der Waals surface area contributed by atoms with Crippen molar-refractivity contribution in [3.8, 4) is 0 Å². The molecule has 7 nitrogen and oxygen atoms in total. The minimum absolute atomic E-state index is 0. The Morgan fingerprint density at radius 1 is 1.29 bits per heavy atom. The number of nitrogens with zero attached hydrogens (tertiary/aromatic N) is 3. The molecule has 0 bridgehead atoms. The highest BCUT2D eigenvalue weighted by Crippen LogP contribution is 2.31. The molecule has 0 spiro atoms. The maximum atomic E-state index is 13.6. The lowest BCUT2D eigenvalue weighted by atomic mass is 9.85. The maximum absolute atomic E-state index is 13.6. The second-order valence-corrected chi connectivity index (χ2v) is 8.95. The van der Waals surface area contributed by atoms with Crippen LogP contribution in [0.1, 0.15) is 46.5 Å². The van der Waals surface area contributed by atoms with Crippen LogP contribution < -0.4 is 10.6 Å². The van der Waals surface area contributed by atoms with Gasteiger partial charge in [0.2, 0.25) is 5.91 Å². The van der Waals surface area contributed by atoms with E-state index < -0.39 is 5.54 Å². The number of nitrogens with one attached hydrogen (secondary N) is 2. The topological polar surface area (TPSA) is 79.3 Å². The number of hydrogen-bond donors (Lipinski definition) is 2. The molecule has 0 aliphatic carbocycles. The molecule has 3 rings (SSSR count). The summed E-state index contributed by atoms with van der Waals surface area (Å²) in [5.74, 6) is 0.558. The lowest BCUT2D eigenvalue weighted by Crippen LogP contribution is -2.57. The van der Waals surface area contributed by atoms with Gasteiger partial charge in [0.25, 0.3) is 5.91 Å². The van der Waals surface area contributed by atoms with Crippen LogP contribution >= 0.6 is 12.4 Å². The summed E-state index contributed by atoms with van der Waals surface area (Å²) >= 11 is 0. The van der Waals surface area contributed by atoms with Crippen LogP contribution in [0.4, 0.5) is 0 Å². The molecule has 1 aromatic rings. The van der Waals surface area contributed by atoms with Gasteiger partial charge in [0.05, 0.1) is 0 Å². The molecule has 2 fully saturated rings. The average molecular weight is 412 g/mol. The van der Waals surface area contributed by atoms with Gasteiger partial charge in [-0.15, -0.1) is 12.4 Å². The lowest BCUT2D eigenvalue weighted by Gasteiger charge is -2.42. The minimum atomic E-state index is -0.578. The van der Waals surface area contributed by atoms with Crippen LogP contribution in [0.2, 0.25) is 0 Å². The molecular formula is C20H34ClN5O2. The molecule has 0 aromatic carbocycles. The number of rotatable bonds is 4. The fraction of sp³-hybridized carbons (Fsp3) is 0.750. The Bertz CT molecular complexity index is 650. The number of likely N-dealkylation sites (tertiary alicyclic amines) is 1. The van der Waals surface area contributed by atoms with Crippen molar-refractivity contribution >= 4 is 24.2 Å². The summed E-state index contributed by atoms with van der Waals surface area (Å²) in [4.78, 5) is 27.7. The van der Waals surface area contributed by atoms with Gasteiger partial charge in [-0.05, 0) is 50.8 Å². The van der Waals surface area contributed by atoms with Gasteiger partial charge in [-0.2, -0.15) is 5.10 Å². The molecule has 2 N–H and O–H groups in total. The van der Waals surface area contributed by atoms with Gasteiger partial charge < -0.3 is 15.5 Å².